The lowest BCUT2D eigenvalue weighted by Gasteiger charge is -2.18. The second kappa shape index (κ2) is 6.93. The minimum absolute atomic E-state index is 0.00865. The van der Waals surface area contributed by atoms with E-state index in [9.17, 15) is 20.3 Å². The predicted molar refractivity (Wildman–Crippen MR) is 99.3 cm³/mol. The van der Waals surface area contributed by atoms with Crippen LogP contribution in [0, 0.1) is 10.1 Å². The van der Waals surface area contributed by atoms with E-state index < -0.39 is 10.7 Å². The fourth-order valence-electron chi connectivity index (χ4n) is 2.73. The van der Waals surface area contributed by atoms with Gasteiger partial charge in [-0.25, -0.2) is 4.98 Å². The highest BCUT2D eigenvalue weighted by molar-refractivity contribution is 5.56. The Kier molecular flexibility index (Phi) is 4.81. The van der Waals surface area contributed by atoms with Crippen LogP contribution in [-0.2, 0) is 12.3 Å². The highest BCUT2D eigenvalue weighted by Crippen LogP contribution is 2.26. The topological polar surface area (TPSA) is 126 Å². The Morgan fingerprint density at radius 2 is 2.07 bits per heavy atom. The quantitative estimate of drug-likeness (QED) is 0.345. The van der Waals surface area contributed by atoms with Gasteiger partial charge in [-0.1, -0.05) is 26.0 Å². The summed E-state index contributed by atoms with van der Waals surface area (Å²) in [6, 6.07) is 7.80. The van der Waals surface area contributed by atoms with E-state index in [2.05, 4.69) is 15.4 Å². The molecule has 0 radical (unpaired) electrons. The van der Waals surface area contributed by atoms with Gasteiger partial charge in [0.05, 0.1) is 11.1 Å². The van der Waals surface area contributed by atoms with Crippen LogP contribution < -0.4 is 5.32 Å². The second-order valence-corrected chi connectivity index (χ2v) is 6.82. The van der Waals surface area contributed by atoms with Crippen LogP contribution in [0.1, 0.15) is 43.5 Å². The van der Waals surface area contributed by atoms with Crippen LogP contribution in [-0.4, -0.2) is 29.7 Å². The third kappa shape index (κ3) is 3.88. The average Bonchev–Trinajstić information content (AvgIpc) is 3.03. The van der Waals surface area contributed by atoms with E-state index >= 15 is 0 Å². The maximum atomic E-state index is 10.9. The summed E-state index contributed by atoms with van der Waals surface area (Å²) in [5.41, 5.74) is 2.20. The summed E-state index contributed by atoms with van der Waals surface area (Å²) in [5.74, 6) is -1.45. The first-order valence-electron chi connectivity index (χ1n) is 8.48. The molecule has 3 rings (SSSR count). The van der Waals surface area contributed by atoms with Gasteiger partial charge in [0.15, 0.2) is 5.65 Å². The van der Waals surface area contributed by atoms with Gasteiger partial charge in [-0.2, -0.15) is 9.61 Å². The zero-order valence-electron chi connectivity index (χ0n) is 15.2. The number of non-ortho nitro benzene ring substituents is 1. The van der Waals surface area contributed by atoms with Crippen LogP contribution in [0.15, 0.2) is 36.5 Å². The van der Waals surface area contributed by atoms with Gasteiger partial charge in [-0.15, -0.1) is 0 Å². The van der Waals surface area contributed by atoms with Crippen molar-refractivity contribution in [3.8, 4) is 0 Å². The van der Waals surface area contributed by atoms with Crippen LogP contribution >= 0.6 is 0 Å². The van der Waals surface area contributed by atoms with Crippen molar-refractivity contribution in [1.82, 2.24) is 14.6 Å². The molecule has 9 heteroatoms. The van der Waals surface area contributed by atoms with Gasteiger partial charge in [0, 0.05) is 30.3 Å². The molecule has 27 heavy (non-hydrogen) atoms. The third-order valence-electron chi connectivity index (χ3n) is 4.20. The van der Waals surface area contributed by atoms with E-state index in [1.165, 1.54) is 25.1 Å². The Balaban J connectivity index is 2.00. The smallest absolute Gasteiger partial charge is 0.269 e. The Hall–Kier alpha value is -3.04. The fraction of sp³-hybridized carbons (Fsp3) is 0.333. The standard InChI is InChI=1S/C18H21N5O4/c1-11(2)14-10-20-22-16(8-15(18(3,24)25)21-17(14)22)19-9-12-5-4-6-13(7-12)23(26)27/h4-8,10-11,19,24-25H,9H2,1-3H3. The van der Waals surface area contributed by atoms with E-state index in [1.54, 1.807) is 22.8 Å². The Labute approximate surface area is 155 Å². The number of nitro groups is 1. The number of anilines is 1. The number of rotatable bonds is 6. The molecule has 3 aromatic rings. The summed E-state index contributed by atoms with van der Waals surface area (Å²) < 4.78 is 1.59. The molecular weight excluding hydrogens is 350 g/mol. The van der Waals surface area contributed by atoms with Crippen molar-refractivity contribution in [2.45, 2.75) is 39.0 Å². The predicted octanol–water partition coefficient (Wildman–Crippen LogP) is 2.53. The first kappa shape index (κ1) is 18.7. The second-order valence-electron chi connectivity index (χ2n) is 6.82. The van der Waals surface area contributed by atoms with E-state index in [-0.39, 0.29) is 17.3 Å². The summed E-state index contributed by atoms with van der Waals surface area (Å²) in [6.07, 6.45) is 1.70. The van der Waals surface area contributed by atoms with Gasteiger partial charge in [0.25, 0.3) is 5.69 Å². The third-order valence-corrected chi connectivity index (χ3v) is 4.20. The van der Waals surface area contributed by atoms with Gasteiger partial charge in [-0.3, -0.25) is 10.1 Å². The van der Waals surface area contributed by atoms with Crippen molar-refractivity contribution in [3.05, 3.63) is 63.5 Å². The zero-order chi connectivity index (χ0) is 19.8. The Morgan fingerprint density at radius 1 is 1.33 bits per heavy atom. The summed E-state index contributed by atoms with van der Waals surface area (Å²) in [4.78, 5) is 14.8. The molecule has 0 bridgehead atoms. The van der Waals surface area contributed by atoms with Crippen LogP contribution in [0.5, 0.6) is 0 Å². The molecule has 0 aliphatic carbocycles. The van der Waals surface area contributed by atoms with Crippen molar-refractivity contribution in [2.24, 2.45) is 0 Å². The monoisotopic (exact) mass is 371 g/mol. The molecular formula is C18H21N5O4. The number of nitrogens with one attached hydrogen (secondary N) is 1. The van der Waals surface area contributed by atoms with Crippen molar-refractivity contribution in [3.63, 3.8) is 0 Å². The van der Waals surface area contributed by atoms with E-state index in [4.69, 9.17) is 0 Å². The van der Waals surface area contributed by atoms with Crippen LogP contribution in [0.3, 0.4) is 0 Å². The lowest BCUT2D eigenvalue weighted by atomic mass is 10.1. The van der Waals surface area contributed by atoms with Crippen LogP contribution in [0.25, 0.3) is 5.65 Å². The fourth-order valence-corrected chi connectivity index (χ4v) is 2.73. The molecule has 0 spiro atoms. The highest BCUT2D eigenvalue weighted by atomic mass is 16.6. The molecule has 2 aromatic heterocycles. The molecule has 0 saturated heterocycles. The van der Waals surface area contributed by atoms with Crippen molar-refractivity contribution < 1.29 is 15.1 Å². The number of nitro benzene ring substituents is 1. The van der Waals surface area contributed by atoms with Gasteiger partial charge in [0.2, 0.25) is 5.79 Å². The number of hydrogen-bond acceptors (Lipinski definition) is 7. The molecule has 0 unspecified atom stereocenters. The maximum absolute atomic E-state index is 10.9. The minimum atomic E-state index is -2.11. The first-order chi connectivity index (χ1) is 12.7. The van der Waals surface area contributed by atoms with Gasteiger partial charge < -0.3 is 15.5 Å². The van der Waals surface area contributed by atoms with Crippen LogP contribution in [0.2, 0.25) is 0 Å². The Bertz CT molecular complexity index is 991. The number of hydrogen-bond donors (Lipinski definition) is 3. The zero-order valence-corrected chi connectivity index (χ0v) is 15.2. The first-order valence-corrected chi connectivity index (χ1v) is 8.48. The molecule has 142 valence electrons. The molecule has 0 aliphatic heterocycles. The van der Waals surface area contributed by atoms with E-state index in [1.807, 2.05) is 13.8 Å². The lowest BCUT2D eigenvalue weighted by Crippen LogP contribution is -2.23. The number of benzene rings is 1. The summed E-state index contributed by atoms with van der Waals surface area (Å²) in [6.45, 7) is 5.53. The molecule has 0 atom stereocenters. The maximum Gasteiger partial charge on any atom is 0.269 e. The summed E-state index contributed by atoms with van der Waals surface area (Å²) in [5, 5.41) is 38.4. The number of fused-ring (bicyclic) bond motifs is 1. The summed E-state index contributed by atoms with van der Waals surface area (Å²) in [7, 11) is 0. The SMILES string of the molecule is CC(C)c1cnn2c(NCc3cccc([N+](=O)[O-])c3)cc(C(C)(O)O)nc12. The normalized spacial score (nSPS) is 11.9. The van der Waals surface area contributed by atoms with Gasteiger partial charge in [0.1, 0.15) is 11.5 Å². The molecule has 0 aliphatic rings. The van der Waals surface area contributed by atoms with Crippen LogP contribution in [0.4, 0.5) is 11.5 Å². The molecule has 0 amide bonds. The largest absolute Gasteiger partial charge is 0.366 e. The lowest BCUT2D eigenvalue weighted by molar-refractivity contribution is -0.384. The van der Waals surface area contributed by atoms with Gasteiger partial charge >= 0.3 is 0 Å². The molecule has 2 heterocycles. The van der Waals surface area contributed by atoms with Crippen molar-refractivity contribution >= 4 is 17.2 Å². The van der Waals surface area contributed by atoms with E-state index in [0.29, 0.717) is 23.6 Å². The number of nitrogens with zero attached hydrogens (tertiary/aromatic N) is 4. The number of aliphatic hydroxyl groups is 2. The average molecular weight is 371 g/mol. The molecule has 3 N–H and O–H groups in total. The minimum Gasteiger partial charge on any atom is -0.366 e. The van der Waals surface area contributed by atoms with Crippen molar-refractivity contribution in [2.75, 3.05) is 5.32 Å². The molecule has 9 nitrogen and oxygen atoms in total. The van der Waals surface area contributed by atoms with E-state index in [0.717, 1.165) is 5.56 Å². The number of aromatic nitrogens is 3. The highest BCUT2D eigenvalue weighted by Gasteiger charge is 2.24. The Morgan fingerprint density at radius 3 is 2.70 bits per heavy atom. The summed E-state index contributed by atoms with van der Waals surface area (Å²) >= 11 is 0. The molecule has 1 aromatic carbocycles. The molecule has 0 fully saturated rings. The molecule has 0 saturated carbocycles. The van der Waals surface area contributed by atoms with Crippen molar-refractivity contribution in [1.29, 1.82) is 0 Å². The van der Waals surface area contributed by atoms with Gasteiger partial charge in [-0.05, 0) is 18.4 Å².